The minimum atomic E-state index is -1.80. The largest absolute Gasteiger partial charge is 0.394 e. The molecule has 1 aromatic heterocycles. The molecule has 1 heterocycles. The van der Waals surface area contributed by atoms with E-state index >= 15 is 0 Å². The maximum atomic E-state index is 14.5. The SMILES string of the molecule is CC[C@H](C)[C@H](NC(=O)[C@@H](NC(=O)[C@H](C)NC(=O)[C@H](CCCN=C(N)N)NC(=O)[C@H](CC(N)=O)NC(=O)[C@H](Cc1ccccc1)NC(=O)[C@H](CO)NC(=O)[C@@H](N)C(C)C)C(C)C)C(=O)N[C@@H](Cc1cnc[nH]1)C(=O)N[C@@H](CO)C(=O)N[C@@H](CC(C)C)C(=O)N[C@@H](CC(C)C)C(=O)NCC(N)=O. The molecule has 558 valence electrons. The number of aliphatic hydroxyl groups is 2. The lowest BCUT2D eigenvalue weighted by Crippen LogP contribution is -2.62. The molecule has 0 aliphatic carbocycles. The first-order valence-electron chi connectivity index (χ1n) is 33.2. The number of carbonyl (C=O) groups excluding carboxylic acids is 14. The van der Waals surface area contributed by atoms with Crippen LogP contribution in [0.15, 0.2) is 47.8 Å². The predicted octanol–water partition coefficient (Wildman–Crippen LogP) is -6.16. The molecule has 0 aliphatic heterocycles. The second-order valence-corrected chi connectivity index (χ2v) is 26.0. The molecule has 36 nitrogen and oxygen atoms in total. The van der Waals surface area contributed by atoms with Crippen molar-refractivity contribution in [3.63, 3.8) is 0 Å². The normalized spacial score (nSPS) is 15.1. The fraction of sp³-hybridized carbons (Fsp3) is 0.625. The van der Waals surface area contributed by atoms with E-state index in [4.69, 9.17) is 28.7 Å². The molecule has 0 spiro atoms. The van der Waals surface area contributed by atoms with Crippen LogP contribution in [0.5, 0.6) is 0 Å². The second kappa shape index (κ2) is 43.5. The van der Waals surface area contributed by atoms with Crippen molar-refractivity contribution in [2.45, 2.75) is 200 Å². The molecule has 0 radical (unpaired) electrons. The van der Waals surface area contributed by atoms with Gasteiger partial charge in [-0.3, -0.25) is 72.1 Å². The Labute approximate surface area is 581 Å². The minimum Gasteiger partial charge on any atom is -0.394 e. The van der Waals surface area contributed by atoms with Crippen molar-refractivity contribution < 1.29 is 77.3 Å². The zero-order valence-corrected chi connectivity index (χ0v) is 58.7. The first-order chi connectivity index (χ1) is 46.9. The Morgan fingerprint density at radius 1 is 0.490 bits per heavy atom. The molecule has 36 heteroatoms. The van der Waals surface area contributed by atoms with Crippen LogP contribution in [0.3, 0.4) is 0 Å². The standard InChI is InChI=1S/C64H106N20O16/c1-12-35(10)51(63(100)80-43(24-38-26-70-30-73-38)57(94)81-45(28-85)59(96)77-41(22-32(4)5)55(92)76-40(21-31(2)3)53(90)72-27-48(66)88)84-62(99)50(34(8)9)83-52(89)36(11)74-54(91)39(19-16-20-71-64(68)69)75-58(95)44(25-47(65)87)79-56(93)42(23-37-17-14-13-15-18-37)78-60(97)46(29-86)82-61(98)49(67)33(6)7/h13-15,17-18,26,30-36,39-46,49-51,85-86H,12,16,19-25,27-29,67H2,1-11H3,(H2,65,87)(H2,66,88)(H,70,73)(H,72,90)(H,74,91)(H,75,95)(H,76,92)(H,77,96)(H,78,97)(H,79,93)(H,80,100)(H,81,94)(H,82,98)(H,83,89)(H,84,99)(H4,68,69,71)/t35-,36-,39-,40-,41-,42-,43-,44-,45-,46-,49-,50-,51-/m0/s1. The van der Waals surface area contributed by atoms with E-state index in [-0.39, 0.29) is 75.2 Å². The van der Waals surface area contributed by atoms with E-state index in [1.165, 1.54) is 19.4 Å². The monoisotopic (exact) mass is 1410 g/mol. The van der Waals surface area contributed by atoms with Crippen LogP contribution in [-0.4, -0.2) is 208 Å². The average molecular weight is 1410 g/mol. The summed E-state index contributed by atoms with van der Waals surface area (Å²) < 4.78 is 0. The number of primary amides is 2. The van der Waals surface area contributed by atoms with Crippen LogP contribution in [-0.2, 0) is 80.0 Å². The number of guanidine groups is 1. The van der Waals surface area contributed by atoms with Crippen molar-refractivity contribution in [3.8, 4) is 0 Å². The van der Waals surface area contributed by atoms with Crippen LogP contribution >= 0.6 is 0 Å². The number of amides is 14. The molecule has 25 N–H and O–H groups in total. The van der Waals surface area contributed by atoms with Crippen LogP contribution in [0.25, 0.3) is 0 Å². The van der Waals surface area contributed by atoms with Gasteiger partial charge in [-0.15, -0.1) is 0 Å². The van der Waals surface area contributed by atoms with Crippen molar-refractivity contribution >= 4 is 88.7 Å². The summed E-state index contributed by atoms with van der Waals surface area (Å²) in [4.78, 5) is 201. The van der Waals surface area contributed by atoms with E-state index in [2.05, 4.69) is 78.8 Å². The molecule has 2 aromatic rings. The third-order valence-corrected chi connectivity index (χ3v) is 15.7. The van der Waals surface area contributed by atoms with Gasteiger partial charge < -0.3 is 108 Å². The number of H-pyrrole nitrogens is 1. The summed E-state index contributed by atoms with van der Waals surface area (Å²) in [6.45, 7) is 15.8. The smallest absolute Gasteiger partial charge is 0.245 e. The summed E-state index contributed by atoms with van der Waals surface area (Å²) in [6.07, 6.45) is 1.63. The summed E-state index contributed by atoms with van der Waals surface area (Å²) in [5.41, 5.74) is 28.6. The number of aliphatic hydroxyl groups excluding tert-OH is 2. The number of nitrogens with one attached hydrogen (secondary N) is 13. The molecule has 13 atom stereocenters. The van der Waals surface area contributed by atoms with E-state index in [0.717, 1.165) is 0 Å². The molecule has 0 aliphatic rings. The van der Waals surface area contributed by atoms with Crippen LogP contribution in [0.1, 0.15) is 126 Å². The van der Waals surface area contributed by atoms with Crippen molar-refractivity contribution in [2.24, 2.45) is 63.3 Å². The molecule has 100 heavy (non-hydrogen) atoms. The Hall–Kier alpha value is -9.84. The van der Waals surface area contributed by atoms with Gasteiger partial charge in [-0.1, -0.05) is 106 Å². The number of hydrogen-bond acceptors (Lipinski definition) is 19. The highest BCUT2D eigenvalue weighted by atomic mass is 16.3. The van der Waals surface area contributed by atoms with E-state index in [9.17, 15) is 77.3 Å². The molecule has 2 rings (SSSR count). The fourth-order valence-electron chi connectivity index (χ4n) is 9.76. The number of hydrogen-bond donors (Lipinski definition) is 20. The van der Waals surface area contributed by atoms with Gasteiger partial charge >= 0.3 is 0 Å². The first-order valence-corrected chi connectivity index (χ1v) is 33.2. The van der Waals surface area contributed by atoms with Crippen LogP contribution in [0.4, 0.5) is 0 Å². The zero-order valence-electron chi connectivity index (χ0n) is 58.7. The average Bonchev–Trinajstić information content (AvgIpc) is 0.969. The van der Waals surface area contributed by atoms with Crippen molar-refractivity contribution in [3.05, 3.63) is 54.1 Å². The highest BCUT2D eigenvalue weighted by Crippen LogP contribution is 2.15. The molecule has 0 saturated heterocycles. The lowest BCUT2D eigenvalue weighted by molar-refractivity contribution is -0.137. The number of nitrogens with zero attached hydrogens (tertiary/aromatic N) is 2. The van der Waals surface area contributed by atoms with E-state index < -0.39 is 193 Å². The van der Waals surface area contributed by atoms with Gasteiger partial charge in [0.15, 0.2) is 5.96 Å². The van der Waals surface area contributed by atoms with Gasteiger partial charge in [-0.25, -0.2) is 4.98 Å². The third kappa shape index (κ3) is 30.9. The maximum absolute atomic E-state index is 14.5. The molecule has 1 aromatic carbocycles. The quantitative estimate of drug-likeness (QED) is 0.0167. The van der Waals surface area contributed by atoms with E-state index in [0.29, 0.717) is 11.3 Å². The summed E-state index contributed by atoms with van der Waals surface area (Å²) in [7, 11) is 0. The van der Waals surface area contributed by atoms with Gasteiger partial charge in [-0.05, 0) is 67.8 Å². The zero-order chi connectivity index (χ0) is 75.7. The number of rotatable bonds is 45. The number of aromatic nitrogens is 2. The Kier molecular flexibility index (Phi) is 37.6. The van der Waals surface area contributed by atoms with Gasteiger partial charge in [0.2, 0.25) is 82.7 Å². The Balaban J connectivity index is 2.42. The van der Waals surface area contributed by atoms with Gasteiger partial charge in [0.05, 0.1) is 38.5 Å². The summed E-state index contributed by atoms with van der Waals surface area (Å²) in [5.74, 6) is -15.3. The van der Waals surface area contributed by atoms with Crippen LogP contribution in [0, 0.1) is 29.6 Å². The van der Waals surface area contributed by atoms with Crippen molar-refractivity contribution in [1.82, 2.24) is 73.8 Å². The minimum absolute atomic E-state index is 0.0303. The lowest BCUT2D eigenvalue weighted by atomic mass is 9.95. The van der Waals surface area contributed by atoms with Gasteiger partial charge in [-0.2, -0.15) is 0 Å². The van der Waals surface area contributed by atoms with Gasteiger partial charge in [0, 0.05) is 31.3 Å². The third-order valence-electron chi connectivity index (χ3n) is 15.7. The van der Waals surface area contributed by atoms with E-state index in [1.807, 2.05) is 0 Å². The number of nitrogens with two attached hydrogens (primary N) is 5. The van der Waals surface area contributed by atoms with Crippen LogP contribution in [0.2, 0.25) is 0 Å². The van der Waals surface area contributed by atoms with Crippen molar-refractivity contribution in [2.75, 3.05) is 26.3 Å². The predicted molar refractivity (Wildman–Crippen MR) is 365 cm³/mol. The Bertz CT molecular complexity index is 3090. The number of carbonyl (C=O) groups is 14. The number of aliphatic imine (C=N–C) groups is 1. The van der Waals surface area contributed by atoms with E-state index in [1.54, 1.807) is 99.6 Å². The Morgan fingerprint density at radius 2 is 0.940 bits per heavy atom. The van der Waals surface area contributed by atoms with Gasteiger partial charge in [0.25, 0.3) is 0 Å². The molecule has 0 unspecified atom stereocenters. The van der Waals surface area contributed by atoms with Gasteiger partial charge in [0.1, 0.15) is 66.5 Å². The summed E-state index contributed by atoms with van der Waals surface area (Å²) in [6, 6.07) is -9.19. The highest BCUT2D eigenvalue weighted by Gasteiger charge is 2.38. The van der Waals surface area contributed by atoms with Crippen LogP contribution < -0.4 is 92.5 Å². The fourth-order valence-corrected chi connectivity index (χ4v) is 9.76. The molecule has 0 bridgehead atoms. The lowest BCUT2D eigenvalue weighted by Gasteiger charge is -2.30. The molecular weight excluding hydrogens is 1300 g/mol. The maximum Gasteiger partial charge on any atom is 0.245 e. The molecule has 0 fully saturated rings. The molecule has 0 saturated carbocycles. The highest BCUT2D eigenvalue weighted by molar-refractivity contribution is 6.00. The summed E-state index contributed by atoms with van der Waals surface area (Å²) in [5, 5.41) is 50.6. The molecule has 14 amide bonds. The number of benzene rings is 1. The molecular formula is C64H106N20O16. The van der Waals surface area contributed by atoms with Crippen molar-refractivity contribution in [1.29, 1.82) is 0 Å². The second-order valence-electron chi connectivity index (χ2n) is 26.0. The topological polar surface area (TPSA) is 595 Å². The Morgan fingerprint density at radius 3 is 1.43 bits per heavy atom. The number of imidazole rings is 1. The number of aromatic amines is 1. The first kappa shape index (κ1) is 86.2. The summed E-state index contributed by atoms with van der Waals surface area (Å²) >= 11 is 0.